The lowest BCUT2D eigenvalue weighted by molar-refractivity contribution is -0.201. The standard InChI is InChI=1S/C49H63N3O11/c1-46(2,3)62-38(54)17-15-33(26-53)51-43(55)32-9-7-8-30(21-32)24-50-45(57)49-23-36-39-40(59-27-58-39)42(49)63-52(41(49)44(56)60-36)25-29-12-10-28(11-13-29)20-31-14-16-37-48(6,61-37)19-18-35-34(31)22-47(35,4)5/h7-13,20-21,33-37,39-42,53H,14-19,22-27H2,1-6H3,(H,50,57)(H,51,55). The summed E-state index contributed by atoms with van der Waals surface area (Å²) in [6.07, 6.45) is 6.10. The molecule has 7 fully saturated rings. The molecule has 14 heteroatoms. The minimum absolute atomic E-state index is 0.00166. The highest BCUT2D eigenvalue weighted by Gasteiger charge is 2.74. The zero-order valence-electron chi connectivity index (χ0n) is 37.4. The molecule has 4 heterocycles. The number of hydrogen-bond acceptors (Lipinski definition) is 12. The van der Waals surface area contributed by atoms with Gasteiger partial charge >= 0.3 is 11.9 Å². The number of epoxide rings is 1. The summed E-state index contributed by atoms with van der Waals surface area (Å²) in [5.41, 5.74) is 2.94. The first-order valence-corrected chi connectivity index (χ1v) is 22.8. The van der Waals surface area contributed by atoms with Gasteiger partial charge in [0.25, 0.3) is 5.91 Å². The number of benzene rings is 2. The number of amides is 2. The van der Waals surface area contributed by atoms with Crippen LogP contribution in [0.5, 0.6) is 0 Å². The van der Waals surface area contributed by atoms with Crippen LogP contribution < -0.4 is 10.6 Å². The Kier molecular flexibility index (Phi) is 11.7. The van der Waals surface area contributed by atoms with E-state index in [2.05, 4.69) is 61.7 Å². The van der Waals surface area contributed by atoms with Crippen molar-refractivity contribution >= 4 is 29.8 Å². The van der Waals surface area contributed by atoms with Crippen molar-refractivity contribution < 1.29 is 52.8 Å². The largest absolute Gasteiger partial charge is 0.460 e. The number of hydrogen-bond donors (Lipinski definition) is 3. The van der Waals surface area contributed by atoms with Crippen LogP contribution >= 0.6 is 0 Å². The summed E-state index contributed by atoms with van der Waals surface area (Å²) in [6, 6.07) is 13.5. The Balaban J connectivity index is 0.883. The summed E-state index contributed by atoms with van der Waals surface area (Å²) in [5.74, 6) is -0.524. The molecule has 2 bridgehead atoms. The van der Waals surface area contributed by atoms with E-state index in [9.17, 15) is 24.3 Å². The monoisotopic (exact) mass is 869 g/mol. The molecule has 4 aliphatic heterocycles. The van der Waals surface area contributed by atoms with Gasteiger partial charge in [0.2, 0.25) is 5.91 Å². The average Bonchev–Trinajstić information content (AvgIpc) is 3.50. The summed E-state index contributed by atoms with van der Waals surface area (Å²) in [6.45, 7) is 12.4. The van der Waals surface area contributed by atoms with E-state index in [1.807, 2.05) is 0 Å². The average molecular weight is 870 g/mol. The van der Waals surface area contributed by atoms with Gasteiger partial charge in [0.05, 0.1) is 30.9 Å². The summed E-state index contributed by atoms with van der Waals surface area (Å²) < 4.78 is 29.4. The summed E-state index contributed by atoms with van der Waals surface area (Å²) >= 11 is 0. The van der Waals surface area contributed by atoms with Crippen LogP contribution in [0.2, 0.25) is 0 Å². The number of hydroxylamine groups is 2. The number of carbonyl (C=O) groups excluding carboxylic acids is 4. The number of fused-ring (bicyclic) bond motifs is 6. The second-order valence-corrected chi connectivity index (χ2v) is 20.8. The number of nitrogens with one attached hydrogen (secondary N) is 2. The predicted molar refractivity (Wildman–Crippen MR) is 229 cm³/mol. The molecule has 11 unspecified atom stereocenters. The van der Waals surface area contributed by atoms with Crippen molar-refractivity contribution in [3.8, 4) is 0 Å². The SMILES string of the molecule is CC(C)(C)OC(=O)CCC(CO)NC(=O)c1cccc(CNC(=O)C23CC4OC(=O)C2N(Cc2ccc(C=C5CCC6OC6(C)CCC6C5CC6(C)C)cc2)OC3C2OCOC42)c1. The normalized spacial score (nSPS) is 35.0. The van der Waals surface area contributed by atoms with Gasteiger partial charge in [0, 0.05) is 24.9 Å². The molecule has 0 aromatic heterocycles. The number of carbonyl (C=O) groups is 4. The maximum Gasteiger partial charge on any atom is 0.327 e. The molecule has 11 atom stereocenters. The van der Waals surface area contributed by atoms with Crippen molar-refractivity contribution in [1.82, 2.24) is 15.7 Å². The Morgan fingerprint density at radius 2 is 1.79 bits per heavy atom. The first-order valence-electron chi connectivity index (χ1n) is 22.8. The molecule has 14 nitrogen and oxygen atoms in total. The van der Waals surface area contributed by atoms with Crippen LogP contribution in [0.25, 0.3) is 6.08 Å². The van der Waals surface area contributed by atoms with Crippen molar-refractivity contribution in [2.24, 2.45) is 22.7 Å². The van der Waals surface area contributed by atoms with E-state index in [1.165, 1.54) is 18.4 Å². The van der Waals surface area contributed by atoms with E-state index in [0.717, 1.165) is 30.4 Å². The maximum absolute atomic E-state index is 14.7. The summed E-state index contributed by atoms with van der Waals surface area (Å²) in [5, 5.41) is 17.4. The van der Waals surface area contributed by atoms with Crippen LogP contribution in [0.4, 0.5) is 0 Å². The third kappa shape index (κ3) is 8.59. The van der Waals surface area contributed by atoms with Gasteiger partial charge in [-0.2, -0.15) is 5.06 Å². The quantitative estimate of drug-likeness (QED) is 0.180. The van der Waals surface area contributed by atoms with E-state index >= 15 is 0 Å². The number of ether oxygens (including phenoxy) is 5. The van der Waals surface area contributed by atoms with Crippen molar-refractivity contribution in [3.63, 3.8) is 0 Å². The van der Waals surface area contributed by atoms with Gasteiger partial charge in [0.15, 0.2) is 6.04 Å². The van der Waals surface area contributed by atoms with Gasteiger partial charge < -0.3 is 39.4 Å². The fourth-order valence-corrected chi connectivity index (χ4v) is 11.5. The van der Waals surface area contributed by atoms with Crippen molar-refractivity contribution in [3.05, 3.63) is 76.4 Å². The minimum atomic E-state index is -1.33. The van der Waals surface area contributed by atoms with Crippen LogP contribution in [0.1, 0.15) is 120 Å². The van der Waals surface area contributed by atoms with Gasteiger partial charge in [-0.25, -0.2) is 0 Å². The number of aliphatic hydroxyl groups is 1. The molecule has 3 N–H and O–H groups in total. The number of nitrogens with zero attached hydrogens (tertiary/aromatic N) is 1. The molecule has 9 rings (SSSR count). The Morgan fingerprint density at radius 3 is 2.54 bits per heavy atom. The van der Waals surface area contributed by atoms with Crippen LogP contribution in [-0.4, -0.2) is 101 Å². The highest BCUT2D eigenvalue weighted by atomic mass is 16.8. The van der Waals surface area contributed by atoms with Crippen molar-refractivity contribution in [2.45, 2.75) is 160 Å². The Bertz CT molecular complexity index is 2130. The van der Waals surface area contributed by atoms with Gasteiger partial charge in [0.1, 0.15) is 42.2 Å². The van der Waals surface area contributed by atoms with Crippen LogP contribution in [0.15, 0.2) is 54.1 Å². The fraction of sp³-hybridized carbons (Fsp3) is 0.633. The number of aliphatic hydroxyl groups excluding tert-OH is 1. The molecule has 3 saturated carbocycles. The molecule has 2 aromatic carbocycles. The highest BCUT2D eigenvalue weighted by molar-refractivity contribution is 5.95. The highest BCUT2D eigenvalue weighted by Crippen LogP contribution is 2.60. The molecule has 7 aliphatic rings. The molecule has 4 saturated heterocycles. The van der Waals surface area contributed by atoms with Gasteiger partial charge in [-0.05, 0) is 112 Å². The lowest BCUT2D eigenvalue weighted by Crippen LogP contribution is -2.69. The number of esters is 2. The molecular formula is C49H63N3O11. The maximum atomic E-state index is 14.7. The molecule has 340 valence electrons. The van der Waals surface area contributed by atoms with E-state index in [0.29, 0.717) is 34.5 Å². The molecule has 2 amide bonds. The van der Waals surface area contributed by atoms with Crippen LogP contribution in [0.3, 0.4) is 0 Å². The van der Waals surface area contributed by atoms with E-state index < -0.39 is 65.4 Å². The summed E-state index contributed by atoms with van der Waals surface area (Å²) in [4.78, 5) is 60.8. The molecule has 63 heavy (non-hydrogen) atoms. The fourth-order valence-electron chi connectivity index (χ4n) is 11.5. The zero-order chi connectivity index (χ0) is 44.5. The first kappa shape index (κ1) is 44.0. The third-order valence-electron chi connectivity index (χ3n) is 14.9. The molecule has 3 aliphatic carbocycles. The summed E-state index contributed by atoms with van der Waals surface area (Å²) in [7, 11) is 0. The smallest absolute Gasteiger partial charge is 0.327 e. The number of rotatable bonds is 12. The minimum Gasteiger partial charge on any atom is -0.460 e. The predicted octanol–water partition coefficient (Wildman–Crippen LogP) is 5.53. The lowest BCUT2D eigenvalue weighted by Gasteiger charge is -2.53. The number of allylic oxidation sites excluding steroid dienone is 1. The van der Waals surface area contributed by atoms with Crippen molar-refractivity contribution in [1.29, 1.82) is 0 Å². The molecular weight excluding hydrogens is 807 g/mol. The Labute approximate surface area is 369 Å². The van der Waals surface area contributed by atoms with Crippen LogP contribution in [0, 0.1) is 22.7 Å². The second kappa shape index (κ2) is 16.7. The van der Waals surface area contributed by atoms with E-state index in [1.54, 1.807) is 50.1 Å². The van der Waals surface area contributed by atoms with Gasteiger partial charge in [-0.15, -0.1) is 0 Å². The second-order valence-electron chi connectivity index (χ2n) is 20.8. The topological polar surface area (TPSA) is 174 Å². The lowest BCUT2D eigenvalue weighted by atomic mass is 9.52. The molecule has 2 aromatic rings. The van der Waals surface area contributed by atoms with E-state index in [-0.39, 0.29) is 57.3 Å². The van der Waals surface area contributed by atoms with E-state index in [4.69, 9.17) is 28.5 Å². The van der Waals surface area contributed by atoms with Crippen LogP contribution in [-0.2, 0) is 56.0 Å². The van der Waals surface area contributed by atoms with Gasteiger partial charge in [-0.3, -0.25) is 24.0 Å². The zero-order valence-corrected chi connectivity index (χ0v) is 37.4. The Hall–Kier alpha value is -4.18. The molecule has 0 radical (unpaired) electrons. The third-order valence-corrected chi connectivity index (χ3v) is 14.9. The first-order chi connectivity index (χ1) is 30.0. The Morgan fingerprint density at radius 1 is 1.02 bits per heavy atom. The molecule has 0 spiro atoms. The van der Waals surface area contributed by atoms with Crippen molar-refractivity contribution in [2.75, 3.05) is 13.4 Å². The van der Waals surface area contributed by atoms with Gasteiger partial charge in [-0.1, -0.05) is 61.9 Å².